The molecule has 0 radical (unpaired) electrons. The van der Waals surface area contributed by atoms with Gasteiger partial charge in [-0.3, -0.25) is 4.79 Å². The quantitative estimate of drug-likeness (QED) is 0.880. The molecule has 1 fully saturated rings. The van der Waals surface area contributed by atoms with Gasteiger partial charge in [-0.25, -0.2) is 13.1 Å². The van der Waals surface area contributed by atoms with E-state index in [0.717, 1.165) is 10.8 Å². The summed E-state index contributed by atoms with van der Waals surface area (Å²) in [5, 5.41) is 11.3. The molecule has 2 aromatic carbocycles. The highest BCUT2D eigenvalue weighted by atomic mass is 32.2. The van der Waals surface area contributed by atoms with E-state index in [1.54, 1.807) is 19.1 Å². The number of amides is 1. The lowest BCUT2D eigenvalue weighted by Gasteiger charge is -2.18. The van der Waals surface area contributed by atoms with Gasteiger partial charge in [0.05, 0.1) is 10.8 Å². The largest absolute Gasteiger partial charge is 0.507 e. The van der Waals surface area contributed by atoms with Crippen LogP contribution < -0.4 is 4.72 Å². The Labute approximate surface area is 141 Å². The number of hydrogen-bond donors (Lipinski definition) is 2. The zero-order valence-corrected chi connectivity index (χ0v) is 14.2. The SMILES string of the molecule is CCNS(=O)(=O)C1CCN(C(=O)c2cc3ccccc3cc2O)C1. The fourth-order valence-electron chi connectivity index (χ4n) is 3.05. The van der Waals surface area contributed by atoms with Crippen LogP contribution in [0.3, 0.4) is 0 Å². The molecular formula is C17H20N2O4S. The zero-order valence-electron chi connectivity index (χ0n) is 13.4. The molecule has 0 bridgehead atoms. The minimum absolute atomic E-state index is 0.0864. The van der Waals surface area contributed by atoms with Gasteiger partial charge in [0.25, 0.3) is 5.91 Å². The maximum atomic E-state index is 12.7. The normalized spacial score (nSPS) is 18.2. The van der Waals surface area contributed by atoms with Gasteiger partial charge in [0.2, 0.25) is 10.0 Å². The van der Waals surface area contributed by atoms with Crippen molar-refractivity contribution >= 4 is 26.7 Å². The molecule has 1 unspecified atom stereocenters. The second-order valence-electron chi connectivity index (χ2n) is 5.92. The molecular weight excluding hydrogens is 328 g/mol. The third-order valence-electron chi connectivity index (χ3n) is 4.31. The van der Waals surface area contributed by atoms with E-state index < -0.39 is 15.3 Å². The maximum absolute atomic E-state index is 12.7. The molecule has 6 nitrogen and oxygen atoms in total. The summed E-state index contributed by atoms with van der Waals surface area (Å²) in [6.07, 6.45) is 0.398. The molecule has 7 heteroatoms. The first-order valence-electron chi connectivity index (χ1n) is 7.92. The van der Waals surface area contributed by atoms with Gasteiger partial charge in [0.1, 0.15) is 5.75 Å². The highest BCUT2D eigenvalue weighted by Crippen LogP contribution is 2.28. The molecule has 2 N–H and O–H groups in total. The highest BCUT2D eigenvalue weighted by molar-refractivity contribution is 7.90. The van der Waals surface area contributed by atoms with E-state index in [1.807, 2.05) is 24.3 Å². The number of carbonyl (C=O) groups is 1. The molecule has 2 aromatic rings. The number of carbonyl (C=O) groups excluding carboxylic acids is 1. The van der Waals surface area contributed by atoms with Gasteiger partial charge in [-0.1, -0.05) is 31.2 Å². The summed E-state index contributed by atoms with van der Waals surface area (Å²) in [5.74, 6) is -0.427. The number of nitrogens with zero attached hydrogens (tertiary/aromatic N) is 1. The van der Waals surface area contributed by atoms with Crippen molar-refractivity contribution in [1.29, 1.82) is 0 Å². The van der Waals surface area contributed by atoms with Crippen LogP contribution >= 0.6 is 0 Å². The predicted molar refractivity (Wildman–Crippen MR) is 92.5 cm³/mol. The van der Waals surface area contributed by atoms with Crippen LogP contribution in [0, 0.1) is 0 Å². The topological polar surface area (TPSA) is 86.7 Å². The monoisotopic (exact) mass is 348 g/mol. The second kappa shape index (κ2) is 6.41. The molecule has 1 saturated heterocycles. The smallest absolute Gasteiger partial charge is 0.257 e. The average molecular weight is 348 g/mol. The number of nitrogens with one attached hydrogen (secondary N) is 1. The van der Waals surface area contributed by atoms with E-state index >= 15 is 0 Å². The summed E-state index contributed by atoms with van der Waals surface area (Å²) >= 11 is 0. The summed E-state index contributed by atoms with van der Waals surface area (Å²) in [4.78, 5) is 14.2. The Balaban J connectivity index is 1.84. The number of aromatic hydroxyl groups is 1. The van der Waals surface area contributed by atoms with E-state index in [1.165, 1.54) is 4.90 Å². The van der Waals surface area contributed by atoms with Crippen LogP contribution in [0.4, 0.5) is 0 Å². The van der Waals surface area contributed by atoms with Gasteiger partial charge in [0, 0.05) is 19.6 Å². The number of rotatable bonds is 4. The molecule has 0 saturated carbocycles. The number of benzene rings is 2. The molecule has 0 aliphatic carbocycles. The van der Waals surface area contributed by atoms with Crippen LogP contribution in [0.5, 0.6) is 5.75 Å². The Hall–Kier alpha value is -2.12. The number of fused-ring (bicyclic) bond motifs is 1. The van der Waals surface area contributed by atoms with Gasteiger partial charge in [-0.05, 0) is 29.3 Å². The van der Waals surface area contributed by atoms with Crippen molar-refractivity contribution in [2.24, 2.45) is 0 Å². The summed E-state index contributed by atoms with van der Waals surface area (Å²) < 4.78 is 26.6. The lowest BCUT2D eigenvalue weighted by atomic mass is 10.1. The van der Waals surface area contributed by atoms with Crippen LogP contribution in [0.1, 0.15) is 23.7 Å². The Morgan fingerprint density at radius 1 is 1.29 bits per heavy atom. The summed E-state index contributed by atoms with van der Waals surface area (Å²) in [5.41, 5.74) is 0.204. The van der Waals surface area contributed by atoms with Crippen LogP contribution in [0.25, 0.3) is 10.8 Å². The molecule has 1 heterocycles. The first kappa shape index (κ1) is 16.7. The number of phenolic OH excluding ortho intramolecular Hbond substituents is 1. The Kier molecular flexibility index (Phi) is 4.47. The van der Waals surface area contributed by atoms with Gasteiger partial charge in [-0.15, -0.1) is 0 Å². The predicted octanol–water partition coefficient (Wildman–Crippen LogP) is 1.70. The van der Waals surface area contributed by atoms with Crippen molar-refractivity contribution in [3.05, 3.63) is 42.0 Å². The van der Waals surface area contributed by atoms with Crippen molar-refractivity contribution in [3.8, 4) is 5.75 Å². The number of hydrogen-bond acceptors (Lipinski definition) is 4. The lowest BCUT2D eigenvalue weighted by molar-refractivity contribution is 0.0790. The molecule has 3 rings (SSSR count). The van der Waals surface area contributed by atoms with E-state index in [9.17, 15) is 18.3 Å². The standard InChI is InChI=1S/C17H20N2O4S/c1-2-18-24(22,23)14-7-8-19(11-14)17(21)15-9-12-5-3-4-6-13(12)10-16(15)20/h3-6,9-10,14,18,20H,2,7-8,11H2,1H3. The number of sulfonamides is 1. The Morgan fingerprint density at radius 2 is 1.96 bits per heavy atom. The number of phenols is 1. The summed E-state index contributed by atoms with van der Waals surface area (Å²) in [6.45, 7) is 2.56. The molecule has 24 heavy (non-hydrogen) atoms. The van der Waals surface area contributed by atoms with Crippen molar-refractivity contribution in [1.82, 2.24) is 9.62 Å². The second-order valence-corrected chi connectivity index (χ2v) is 7.97. The molecule has 1 aliphatic rings. The molecule has 1 aliphatic heterocycles. The van der Waals surface area contributed by atoms with E-state index in [2.05, 4.69) is 4.72 Å². The minimum Gasteiger partial charge on any atom is -0.507 e. The van der Waals surface area contributed by atoms with Crippen molar-refractivity contribution in [3.63, 3.8) is 0 Å². The maximum Gasteiger partial charge on any atom is 0.257 e. The Bertz CT molecular complexity index is 879. The summed E-state index contributed by atoms with van der Waals surface area (Å²) in [7, 11) is -3.41. The first-order valence-corrected chi connectivity index (χ1v) is 9.46. The van der Waals surface area contributed by atoms with E-state index in [-0.39, 0.29) is 23.8 Å². The fourth-order valence-corrected chi connectivity index (χ4v) is 4.48. The minimum atomic E-state index is -3.41. The van der Waals surface area contributed by atoms with E-state index in [0.29, 0.717) is 19.5 Å². The number of likely N-dealkylation sites (tertiary alicyclic amines) is 1. The van der Waals surface area contributed by atoms with Crippen molar-refractivity contribution in [2.75, 3.05) is 19.6 Å². The van der Waals surface area contributed by atoms with Gasteiger partial charge < -0.3 is 10.0 Å². The van der Waals surface area contributed by atoms with Crippen LogP contribution in [0.2, 0.25) is 0 Å². The molecule has 128 valence electrons. The zero-order chi connectivity index (χ0) is 17.3. The fraction of sp³-hybridized carbons (Fsp3) is 0.353. The highest BCUT2D eigenvalue weighted by Gasteiger charge is 2.35. The van der Waals surface area contributed by atoms with Crippen LogP contribution in [0.15, 0.2) is 36.4 Å². The summed E-state index contributed by atoms with van der Waals surface area (Å²) in [6, 6.07) is 10.7. The van der Waals surface area contributed by atoms with Crippen molar-refractivity contribution < 1.29 is 18.3 Å². The molecule has 1 amide bonds. The Morgan fingerprint density at radius 3 is 2.62 bits per heavy atom. The molecule has 0 spiro atoms. The first-order chi connectivity index (χ1) is 11.4. The van der Waals surface area contributed by atoms with Crippen molar-refractivity contribution in [2.45, 2.75) is 18.6 Å². The lowest BCUT2D eigenvalue weighted by Crippen LogP contribution is -2.37. The van der Waals surface area contributed by atoms with Gasteiger partial charge in [0.15, 0.2) is 0 Å². The van der Waals surface area contributed by atoms with Crippen LogP contribution in [-0.4, -0.2) is 49.2 Å². The average Bonchev–Trinajstić information content (AvgIpc) is 3.04. The molecule has 1 atom stereocenters. The third-order valence-corrected chi connectivity index (χ3v) is 6.26. The van der Waals surface area contributed by atoms with Crippen LogP contribution in [-0.2, 0) is 10.0 Å². The third kappa shape index (κ3) is 3.09. The van der Waals surface area contributed by atoms with E-state index in [4.69, 9.17) is 0 Å². The van der Waals surface area contributed by atoms with Gasteiger partial charge >= 0.3 is 0 Å². The van der Waals surface area contributed by atoms with Gasteiger partial charge in [-0.2, -0.15) is 0 Å². The molecule has 0 aromatic heterocycles.